The molecule has 1 aromatic rings. The molecule has 2 heteroatoms. The van der Waals surface area contributed by atoms with Gasteiger partial charge in [0, 0.05) is 18.3 Å². The molecule has 0 bridgehead atoms. The normalized spacial score (nSPS) is 27.8. The summed E-state index contributed by atoms with van der Waals surface area (Å²) >= 11 is 0. The van der Waals surface area contributed by atoms with Gasteiger partial charge >= 0.3 is 0 Å². The van der Waals surface area contributed by atoms with Gasteiger partial charge in [0.2, 0.25) is 0 Å². The van der Waals surface area contributed by atoms with Gasteiger partial charge in [-0.25, -0.2) is 9.97 Å². The lowest BCUT2D eigenvalue weighted by Crippen LogP contribution is -2.25. The van der Waals surface area contributed by atoms with E-state index >= 15 is 0 Å². The molecule has 0 aromatic carbocycles. The summed E-state index contributed by atoms with van der Waals surface area (Å²) < 4.78 is 0. The van der Waals surface area contributed by atoms with Crippen LogP contribution in [-0.4, -0.2) is 9.97 Å². The summed E-state index contributed by atoms with van der Waals surface area (Å²) in [4.78, 5) is 9.56. The first-order valence-corrected chi connectivity index (χ1v) is 13.1. The fraction of sp³-hybridized carbons (Fsp3) is 0.852. The number of hydrogen-bond acceptors (Lipinski definition) is 2. The fourth-order valence-corrected chi connectivity index (χ4v) is 5.93. The molecule has 2 fully saturated rings. The van der Waals surface area contributed by atoms with E-state index in [2.05, 4.69) is 26.2 Å². The highest BCUT2D eigenvalue weighted by Gasteiger charge is 2.31. The third kappa shape index (κ3) is 7.37. The molecule has 0 aliphatic heterocycles. The van der Waals surface area contributed by atoms with Crippen LogP contribution in [0, 0.1) is 17.8 Å². The summed E-state index contributed by atoms with van der Waals surface area (Å²) in [6.45, 7) is 4.61. The van der Waals surface area contributed by atoms with Crippen molar-refractivity contribution in [3.63, 3.8) is 0 Å². The minimum absolute atomic E-state index is 0.616. The van der Waals surface area contributed by atoms with E-state index in [9.17, 15) is 0 Å². The van der Waals surface area contributed by atoms with E-state index in [1.165, 1.54) is 108 Å². The average molecular weight is 399 g/mol. The highest BCUT2D eigenvalue weighted by atomic mass is 14.9. The molecule has 0 spiro atoms. The Morgan fingerprint density at radius 1 is 0.690 bits per heavy atom. The van der Waals surface area contributed by atoms with Crippen LogP contribution in [0.25, 0.3) is 0 Å². The smallest absolute Gasteiger partial charge is 0.131 e. The summed E-state index contributed by atoms with van der Waals surface area (Å²) in [6, 6.07) is 0. The lowest BCUT2D eigenvalue weighted by molar-refractivity contribution is 0.154. The fourth-order valence-electron chi connectivity index (χ4n) is 5.93. The molecule has 2 nitrogen and oxygen atoms in total. The van der Waals surface area contributed by atoms with Crippen molar-refractivity contribution in [3.05, 3.63) is 23.8 Å². The molecule has 2 aliphatic carbocycles. The Balaban J connectivity index is 1.36. The van der Waals surface area contributed by atoms with Gasteiger partial charge in [-0.15, -0.1) is 0 Å². The zero-order chi connectivity index (χ0) is 20.3. The molecule has 164 valence electrons. The van der Waals surface area contributed by atoms with Crippen LogP contribution in [0.4, 0.5) is 0 Å². The van der Waals surface area contributed by atoms with E-state index in [1.54, 1.807) is 0 Å². The minimum Gasteiger partial charge on any atom is -0.241 e. The molecule has 0 atom stereocenters. The van der Waals surface area contributed by atoms with Gasteiger partial charge in [-0.1, -0.05) is 71.6 Å². The van der Waals surface area contributed by atoms with Crippen molar-refractivity contribution in [2.75, 3.05) is 0 Å². The van der Waals surface area contributed by atoms with Crippen LogP contribution < -0.4 is 0 Å². The monoisotopic (exact) mass is 398 g/mol. The highest BCUT2D eigenvalue weighted by Crippen LogP contribution is 2.44. The van der Waals surface area contributed by atoms with Crippen molar-refractivity contribution in [3.8, 4) is 0 Å². The Kier molecular flexibility index (Phi) is 9.97. The Morgan fingerprint density at radius 2 is 1.28 bits per heavy atom. The van der Waals surface area contributed by atoms with Crippen LogP contribution in [0.1, 0.15) is 134 Å². The topological polar surface area (TPSA) is 25.8 Å². The molecule has 0 amide bonds. The molecule has 0 saturated heterocycles. The predicted molar refractivity (Wildman–Crippen MR) is 124 cm³/mol. The molecule has 0 radical (unpaired) electrons. The average Bonchev–Trinajstić information content (AvgIpc) is 2.78. The van der Waals surface area contributed by atoms with Gasteiger partial charge in [0.1, 0.15) is 5.82 Å². The second kappa shape index (κ2) is 12.7. The van der Waals surface area contributed by atoms with E-state index in [0.29, 0.717) is 5.92 Å². The highest BCUT2D eigenvalue weighted by molar-refractivity contribution is 5.08. The maximum absolute atomic E-state index is 4.78. The van der Waals surface area contributed by atoms with Gasteiger partial charge in [-0.2, -0.15) is 0 Å². The maximum Gasteiger partial charge on any atom is 0.131 e. The van der Waals surface area contributed by atoms with Gasteiger partial charge in [0.25, 0.3) is 0 Å². The van der Waals surface area contributed by atoms with E-state index in [-0.39, 0.29) is 0 Å². The van der Waals surface area contributed by atoms with Crippen molar-refractivity contribution in [1.29, 1.82) is 0 Å². The van der Waals surface area contributed by atoms with Crippen molar-refractivity contribution in [2.45, 2.75) is 129 Å². The summed E-state index contributed by atoms with van der Waals surface area (Å²) in [7, 11) is 0. The van der Waals surface area contributed by atoms with E-state index in [1.807, 2.05) is 0 Å². The van der Waals surface area contributed by atoms with Gasteiger partial charge in [0.15, 0.2) is 0 Å². The van der Waals surface area contributed by atoms with Crippen molar-refractivity contribution in [2.24, 2.45) is 17.8 Å². The summed E-state index contributed by atoms with van der Waals surface area (Å²) in [5.41, 5.74) is 1.33. The maximum atomic E-state index is 4.78. The van der Waals surface area contributed by atoms with Crippen LogP contribution >= 0.6 is 0 Å². The first-order valence-electron chi connectivity index (χ1n) is 13.1. The number of nitrogens with zero attached hydrogens (tertiary/aromatic N) is 2. The molecule has 1 heterocycles. The lowest BCUT2D eigenvalue weighted by atomic mass is 9.68. The third-order valence-corrected chi connectivity index (χ3v) is 7.96. The molecule has 0 unspecified atom stereocenters. The van der Waals surface area contributed by atoms with Crippen LogP contribution in [0.5, 0.6) is 0 Å². The number of aromatic nitrogens is 2. The van der Waals surface area contributed by atoms with Crippen molar-refractivity contribution < 1.29 is 0 Å². The van der Waals surface area contributed by atoms with Crippen LogP contribution in [0.15, 0.2) is 12.4 Å². The van der Waals surface area contributed by atoms with Gasteiger partial charge in [0.05, 0.1) is 0 Å². The second-order valence-corrected chi connectivity index (χ2v) is 10.1. The molecule has 3 rings (SSSR count). The molecule has 2 aliphatic rings. The van der Waals surface area contributed by atoms with Crippen LogP contribution in [-0.2, 0) is 6.42 Å². The number of unbranched alkanes of at least 4 members (excludes halogenated alkanes) is 5. The zero-order valence-corrected chi connectivity index (χ0v) is 19.4. The van der Waals surface area contributed by atoms with Gasteiger partial charge < -0.3 is 0 Å². The number of rotatable bonds is 11. The van der Waals surface area contributed by atoms with Crippen LogP contribution in [0.3, 0.4) is 0 Å². The SMILES string of the molecule is CCCCCCCc1cnc(C2CCC(C3CCC(CCCC)CC3)CC2)nc1. The molecule has 29 heavy (non-hydrogen) atoms. The Labute approximate surface area is 180 Å². The van der Waals surface area contributed by atoms with Gasteiger partial charge in [-0.05, 0) is 74.7 Å². The van der Waals surface area contributed by atoms with Crippen molar-refractivity contribution >= 4 is 0 Å². The Bertz CT molecular complexity index is 536. The summed E-state index contributed by atoms with van der Waals surface area (Å²) in [6.07, 6.45) is 27.9. The first kappa shape index (κ1) is 22.8. The summed E-state index contributed by atoms with van der Waals surface area (Å²) in [5, 5.41) is 0. The lowest BCUT2D eigenvalue weighted by Gasteiger charge is -2.37. The molecule has 1 aromatic heterocycles. The quantitative estimate of drug-likeness (QED) is 0.350. The van der Waals surface area contributed by atoms with E-state index < -0.39 is 0 Å². The zero-order valence-electron chi connectivity index (χ0n) is 19.4. The Hall–Kier alpha value is -0.920. The minimum atomic E-state index is 0.616. The number of aryl methyl sites for hydroxylation is 1. The molecular weight excluding hydrogens is 352 g/mol. The molecule has 0 N–H and O–H groups in total. The first-order chi connectivity index (χ1) is 14.3. The Morgan fingerprint density at radius 3 is 1.90 bits per heavy atom. The second-order valence-electron chi connectivity index (χ2n) is 10.1. The predicted octanol–water partition coefficient (Wildman–Crippen LogP) is 8.26. The number of hydrogen-bond donors (Lipinski definition) is 0. The third-order valence-electron chi connectivity index (χ3n) is 7.96. The van der Waals surface area contributed by atoms with Crippen molar-refractivity contribution in [1.82, 2.24) is 9.97 Å². The van der Waals surface area contributed by atoms with Gasteiger partial charge in [-0.3, -0.25) is 0 Å². The largest absolute Gasteiger partial charge is 0.241 e. The summed E-state index contributed by atoms with van der Waals surface area (Å²) in [5.74, 6) is 4.79. The standard InChI is InChI=1S/C27H46N2/c1-3-5-7-8-9-11-23-20-28-27(29-21-23)26-18-16-25(17-19-26)24-14-12-22(13-15-24)10-6-4-2/h20-22,24-26H,3-19H2,1-2H3. The van der Waals surface area contributed by atoms with Crippen LogP contribution in [0.2, 0.25) is 0 Å². The van der Waals surface area contributed by atoms with E-state index in [4.69, 9.17) is 9.97 Å². The van der Waals surface area contributed by atoms with E-state index in [0.717, 1.165) is 30.0 Å². The molecule has 2 saturated carbocycles. The molecular formula is C27H46N2.